The molecule has 4 aromatic rings. The molecule has 2 aromatic carbocycles. The predicted molar refractivity (Wildman–Crippen MR) is 152 cm³/mol. The number of nitrogens with one attached hydrogen (secondary N) is 1. The summed E-state index contributed by atoms with van der Waals surface area (Å²) in [6.45, 7) is 7.94. The lowest BCUT2D eigenvalue weighted by atomic mass is 9.78. The fourth-order valence-corrected chi connectivity index (χ4v) is 5.31. The Morgan fingerprint density at radius 1 is 0.925 bits per heavy atom. The van der Waals surface area contributed by atoms with Crippen molar-refractivity contribution in [2.75, 3.05) is 19.0 Å². The van der Waals surface area contributed by atoms with Gasteiger partial charge >= 0.3 is 11.9 Å². The van der Waals surface area contributed by atoms with Gasteiger partial charge in [0.25, 0.3) is 5.91 Å². The first kappa shape index (κ1) is 28.6. The van der Waals surface area contributed by atoms with Gasteiger partial charge in [0, 0.05) is 5.41 Å². The summed E-state index contributed by atoms with van der Waals surface area (Å²) >= 11 is 0.943. The van der Waals surface area contributed by atoms with Gasteiger partial charge in [0.05, 0.1) is 19.3 Å². The van der Waals surface area contributed by atoms with Crippen LogP contribution in [-0.2, 0) is 21.5 Å². The largest absolute Gasteiger partial charge is 0.486 e. The molecule has 2 heterocycles. The van der Waals surface area contributed by atoms with Crippen LogP contribution in [0.5, 0.6) is 5.75 Å². The van der Waals surface area contributed by atoms with E-state index >= 15 is 0 Å². The molecule has 9 heteroatoms. The second-order valence-electron chi connectivity index (χ2n) is 9.50. The van der Waals surface area contributed by atoms with Crippen LogP contribution in [0.2, 0.25) is 0 Å². The number of hydrogen-bond donors (Lipinski definition) is 1. The van der Waals surface area contributed by atoms with Crippen LogP contribution in [0.4, 0.5) is 5.00 Å². The van der Waals surface area contributed by atoms with Crippen molar-refractivity contribution >= 4 is 34.2 Å². The molecular formula is C31H31NO7S. The molecule has 1 amide bonds. The van der Waals surface area contributed by atoms with E-state index in [0.717, 1.165) is 16.9 Å². The number of carbonyl (C=O) groups excluding carboxylic acids is 3. The first-order valence-electron chi connectivity index (χ1n) is 12.7. The second-order valence-corrected chi connectivity index (χ2v) is 10.5. The average Bonchev–Trinajstić information content (AvgIpc) is 3.57. The average molecular weight is 562 g/mol. The zero-order valence-corrected chi connectivity index (χ0v) is 23.8. The third kappa shape index (κ3) is 6.10. The molecule has 0 aliphatic carbocycles. The maximum absolute atomic E-state index is 12.9. The second kappa shape index (κ2) is 12.2. The number of ether oxygens (including phenoxy) is 3. The van der Waals surface area contributed by atoms with Gasteiger partial charge in [0.15, 0.2) is 5.76 Å². The SMILES string of the molecule is CCOC(=O)c1sc(NC(=O)c2ccc(COc3ccc(C(C)(C)c4ccccc4)cc3)o2)c(C(=O)OC)c1C. The Hall–Kier alpha value is -4.37. The number of carbonyl (C=O) groups is 3. The molecule has 0 aliphatic heterocycles. The van der Waals surface area contributed by atoms with E-state index in [1.807, 2.05) is 42.5 Å². The van der Waals surface area contributed by atoms with Gasteiger partial charge in [-0.25, -0.2) is 9.59 Å². The lowest BCUT2D eigenvalue weighted by Gasteiger charge is -2.26. The molecule has 8 nitrogen and oxygen atoms in total. The minimum Gasteiger partial charge on any atom is -0.486 e. The first-order chi connectivity index (χ1) is 19.1. The normalized spacial score (nSPS) is 11.1. The topological polar surface area (TPSA) is 104 Å². The van der Waals surface area contributed by atoms with Gasteiger partial charge in [-0.05, 0) is 54.8 Å². The number of amides is 1. The summed E-state index contributed by atoms with van der Waals surface area (Å²) in [4.78, 5) is 37.8. The summed E-state index contributed by atoms with van der Waals surface area (Å²) in [5.41, 5.74) is 2.69. The van der Waals surface area contributed by atoms with Crippen molar-refractivity contribution in [1.82, 2.24) is 0 Å². The predicted octanol–water partition coefficient (Wildman–Crippen LogP) is 6.77. The Bertz CT molecular complexity index is 1500. The number of benzene rings is 2. The zero-order valence-electron chi connectivity index (χ0n) is 23.0. The minimum absolute atomic E-state index is 0.0260. The van der Waals surface area contributed by atoms with E-state index in [4.69, 9.17) is 18.6 Å². The van der Waals surface area contributed by atoms with Gasteiger partial charge in [-0.15, -0.1) is 11.3 Å². The lowest BCUT2D eigenvalue weighted by Crippen LogP contribution is -2.18. The van der Waals surface area contributed by atoms with Gasteiger partial charge < -0.3 is 23.9 Å². The Morgan fingerprint density at radius 3 is 2.25 bits per heavy atom. The Morgan fingerprint density at radius 2 is 1.60 bits per heavy atom. The van der Waals surface area contributed by atoms with Crippen molar-refractivity contribution in [3.63, 3.8) is 0 Å². The van der Waals surface area contributed by atoms with Gasteiger partial charge in [-0.3, -0.25) is 4.79 Å². The van der Waals surface area contributed by atoms with Crippen LogP contribution >= 0.6 is 11.3 Å². The molecular weight excluding hydrogens is 530 g/mol. The molecule has 2 aromatic heterocycles. The molecule has 0 bridgehead atoms. The van der Waals surface area contributed by atoms with Gasteiger partial charge in [-0.2, -0.15) is 0 Å². The van der Waals surface area contributed by atoms with Gasteiger partial charge in [0.2, 0.25) is 0 Å². The van der Waals surface area contributed by atoms with E-state index < -0.39 is 17.8 Å². The molecule has 0 spiro atoms. The summed E-state index contributed by atoms with van der Waals surface area (Å²) < 4.78 is 21.5. The number of furan rings is 1. The summed E-state index contributed by atoms with van der Waals surface area (Å²) in [6.07, 6.45) is 0. The van der Waals surface area contributed by atoms with Crippen LogP contribution in [0.15, 0.2) is 71.1 Å². The third-order valence-corrected chi connectivity index (χ3v) is 7.75. The monoisotopic (exact) mass is 561 g/mol. The van der Waals surface area contributed by atoms with Crippen LogP contribution in [-0.4, -0.2) is 31.6 Å². The molecule has 0 unspecified atom stereocenters. The number of esters is 2. The van der Waals surface area contributed by atoms with Crippen LogP contribution in [0.1, 0.15) is 73.8 Å². The van der Waals surface area contributed by atoms with Crippen molar-refractivity contribution in [2.24, 2.45) is 0 Å². The summed E-state index contributed by atoms with van der Waals surface area (Å²) in [6, 6.07) is 21.4. The van der Waals surface area contributed by atoms with E-state index in [9.17, 15) is 14.4 Å². The summed E-state index contributed by atoms with van der Waals surface area (Å²) in [7, 11) is 1.23. The van der Waals surface area contributed by atoms with Crippen molar-refractivity contribution in [2.45, 2.75) is 39.7 Å². The maximum Gasteiger partial charge on any atom is 0.348 e. The van der Waals surface area contributed by atoms with Crippen LogP contribution in [0.25, 0.3) is 0 Å². The molecule has 4 rings (SSSR count). The molecule has 0 aliphatic rings. The molecule has 208 valence electrons. The fourth-order valence-electron chi connectivity index (χ4n) is 4.23. The van der Waals surface area contributed by atoms with Crippen LogP contribution in [0, 0.1) is 6.92 Å². The van der Waals surface area contributed by atoms with Crippen LogP contribution in [0.3, 0.4) is 0 Å². The standard InChI is InChI=1S/C31H31NO7S/c1-6-37-30(35)26-19(2)25(29(34)36-5)28(40-26)32-27(33)24-17-16-23(39-24)18-38-22-14-12-21(13-15-22)31(3,4)20-10-8-7-9-11-20/h7-17H,6,18H2,1-5H3,(H,32,33). The van der Waals surface area contributed by atoms with Crippen molar-refractivity contribution in [1.29, 1.82) is 0 Å². The number of thiophene rings is 1. The molecule has 0 radical (unpaired) electrons. The number of anilines is 1. The number of hydrogen-bond acceptors (Lipinski definition) is 8. The molecule has 0 fully saturated rings. The Balaban J connectivity index is 1.42. The highest BCUT2D eigenvalue weighted by atomic mass is 32.1. The van der Waals surface area contributed by atoms with E-state index in [-0.39, 0.29) is 39.8 Å². The number of rotatable bonds is 10. The van der Waals surface area contributed by atoms with E-state index in [0.29, 0.717) is 17.1 Å². The van der Waals surface area contributed by atoms with Gasteiger partial charge in [0.1, 0.15) is 28.0 Å². The van der Waals surface area contributed by atoms with E-state index in [1.54, 1.807) is 19.9 Å². The molecule has 40 heavy (non-hydrogen) atoms. The van der Waals surface area contributed by atoms with Crippen molar-refractivity contribution in [3.05, 3.63) is 105 Å². The zero-order chi connectivity index (χ0) is 28.9. The minimum atomic E-state index is -0.675. The van der Waals surface area contributed by atoms with Gasteiger partial charge in [-0.1, -0.05) is 56.3 Å². The molecule has 0 atom stereocenters. The van der Waals surface area contributed by atoms with E-state index in [1.165, 1.54) is 18.7 Å². The highest BCUT2D eigenvalue weighted by molar-refractivity contribution is 7.18. The molecule has 0 saturated carbocycles. The molecule has 1 N–H and O–H groups in total. The highest BCUT2D eigenvalue weighted by Crippen LogP contribution is 2.35. The molecule has 0 saturated heterocycles. The van der Waals surface area contributed by atoms with Crippen molar-refractivity contribution < 1.29 is 33.0 Å². The highest BCUT2D eigenvalue weighted by Gasteiger charge is 2.28. The summed E-state index contributed by atoms with van der Waals surface area (Å²) in [5, 5.41) is 2.83. The quantitative estimate of drug-likeness (QED) is 0.213. The van der Waals surface area contributed by atoms with E-state index in [2.05, 4.69) is 31.3 Å². The third-order valence-electron chi connectivity index (χ3n) is 6.56. The summed E-state index contributed by atoms with van der Waals surface area (Å²) in [5.74, 6) is -0.699. The number of methoxy groups -OCH3 is 1. The van der Waals surface area contributed by atoms with Crippen molar-refractivity contribution in [3.8, 4) is 5.75 Å². The smallest absolute Gasteiger partial charge is 0.348 e. The van der Waals surface area contributed by atoms with Crippen LogP contribution < -0.4 is 10.1 Å². The lowest BCUT2D eigenvalue weighted by molar-refractivity contribution is 0.0531. The maximum atomic E-state index is 12.9. The Kier molecular flexibility index (Phi) is 8.74. The fraction of sp³-hybridized carbons (Fsp3) is 0.258. The Labute approximate surface area is 236 Å². The first-order valence-corrected chi connectivity index (χ1v) is 13.5.